The number of piperidine rings is 1. The second kappa shape index (κ2) is 11.8. The van der Waals surface area contributed by atoms with Crippen LogP contribution in [0.3, 0.4) is 0 Å². The molecule has 8 heteroatoms. The summed E-state index contributed by atoms with van der Waals surface area (Å²) in [4.78, 5) is 46.1. The molecule has 0 aliphatic carbocycles. The molecule has 4 rings (SSSR count). The summed E-state index contributed by atoms with van der Waals surface area (Å²) in [7, 11) is 0. The van der Waals surface area contributed by atoms with Crippen molar-refractivity contribution in [2.24, 2.45) is 5.92 Å². The van der Waals surface area contributed by atoms with Gasteiger partial charge in [0, 0.05) is 30.2 Å². The largest absolute Gasteiger partial charge is 0.354 e. The number of hydrogen-bond donors (Lipinski definition) is 1. The molecule has 2 aliphatic heterocycles. The quantitative estimate of drug-likeness (QED) is 0.524. The summed E-state index contributed by atoms with van der Waals surface area (Å²) in [5.41, 5.74) is 0.231. The van der Waals surface area contributed by atoms with E-state index in [0.29, 0.717) is 50.8 Å². The number of rotatable bonds is 9. The van der Waals surface area contributed by atoms with Crippen LogP contribution in [-0.2, 0) is 14.4 Å². The van der Waals surface area contributed by atoms with Crippen molar-refractivity contribution in [3.05, 3.63) is 60.7 Å². The molecule has 1 unspecified atom stereocenters. The van der Waals surface area contributed by atoms with Crippen molar-refractivity contribution < 1.29 is 14.4 Å². The van der Waals surface area contributed by atoms with Crippen LogP contribution < -0.4 is 10.2 Å². The Hall–Kier alpha value is -3.00. The molecule has 0 aromatic heterocycles. The Morgan fingerprint density at radius 3 is 2.31 bits per heavy atom. The number of carbonyl (C=O) groups excluding carboxylic acids is 3. The molecule has 1 spiro atoms. The number of benzene rings is 2. The van der Waals surface area contributed by atoms with E-state index in [1.54, 1.807) is 4.90 Å². The maximum Gasteiger partial charge on any atom is 0.250 e. The van der Waals surface area contributed by atoms with Gasteiger partial charge in [0.1, 0.15) is 12.1 Å². The van der Waals surface area contributed by atoms with Crippen molar-refractivity contribution in [1.82, 2.24) is 15.1 Å². The van der Waals surface area contributed by atoms with E-state index >= 15 is 0 Å². The van der Waals surface area contributed by atoms with Gasteiger partial charge in [-0.3, -0.25) is 14.4 Å². The Balaban J connectivity index is 1.43. The number of para-hydroxylation sites is 1. The van der Waals surface area contributed by atoms with Gasteiger partial charge < -0.3 is 20.0 Å². The van der Waals surface area contributed by atoms with Crippen molar-refractivity contribution in [3.63, 3.8) is 0 Å². The standard InChI is InChI=1S/C28H36N4O3S/c1-3-22(2)18-29-25(33)19-31-21-32(23-10-6-4-7-11-23)28(27(31)35)14-16-30(17-15-28)26(34)20-36-24-12-8-5-9-13-24/h4-13,22H,3,14-21H2,1-2H3,(H,29,33). The summed E-state index contributed by atoms with van der Waals surface area (Å²) in [5, 5.41) is 2.97. The summed E-state index contributed by atoms with van der Waals surface area (Å²) >= 11 is 1.54. The molecule has 0 saturated carbocycles. The van der Waals surface area contributed by atoms with E-state index in [4.69, 9.17) is 0 Å². The molecule has 1 atom stereocenters. The number of nitrogens with one attached hydrogen (secondary N) is 1. The fourth-order valence-corrected chi connectivity index (χ4v) is 5.69. The second-order valence-corrected chi connectivity index (χ2v) is 10.8. The fraction of sp³-hybridized carbons (Fsp3) is 0.464. The highest BCUT2D eigenvalue weighted by atomic mass is 32.2. The highest BCUT2D eigenvalue weighted by molar-refractivity contribution is 8.00. The van der Waals surface area contributed by atoms with Crippen LogP contribution in [0.25, 0.3) is 0 Å². The predicted octanol–water partition coefficient (Wildman–Crippen LogP) is 3.61. The van der Waals surface area contributed by atoms with Crippen LogP contribution in [0.4, 0.5) is 5.69 Å². The van der Waals surface area contributed by atoms with E-state index in [1.165, 1.54) is 11.8 Å². The topological polar surface area (TPSA) is 73.0 Å². The van der Waals surface area contributed by atoms with Crippen LogP contribution >= 0.6 is 11.8 Å². The highest BCUT2D eigenvalue weighted by Gasteiger charge is 2.54. The van der Waals surface area contributed by atoms with E-state index < -0.39 is 5.54 Å². The SMILES string of the molecule is CCC(C)CNC(=O)CN1CN(c2ccccc2)C2(CCN(C(=O)CSc3ccccc3)CC2)C1=O. The third kappa shape index (κ3) is 5.86. The van der Waals surface area contributed by atoms with Crippen LogP contribution in [0, 0.1) is 5.92 Å². The molecule has 2 saturated heterocycles. The molecule has 7 nitrogen and oxygen atoms in total. The van der Waals surface area contributed by atoms with Crippen molar-refractivity contribution in [1.29, 1.82) is 0 Å². The van der Waals surface area contributed by atoms with Crippen LogP contribution in [0.1, 0.15) is 33.1 Å². The number of anilines is 1. The number of carbonyl (C=O) groups is 3. The molecule has 2 aliphatic rings. The maximum atomic E-state index is 13.8. The Morgan fingerprint density at radius 1 is 1.03 bits per heavy atom. The van der Waals surface area contributed by atoms with Gasteiger partial charge in [-0.05, 0) is 43.0 Å². The lowest BCUT2D eigenvalue weighted by Crippen LogP contribution is -2.57. The second-order valence-electron chi connectivity index (χ2n) is 9.74. The number of amides is 3. The minimum absolute atomic E-state index is 0.0178. The summed E-state index contributed by atoms with van der Waals surface area (Å²) in [6, 6.07) is 19.8. The van der Waals surface area contributed by atoms with Gasteiger partial charge in [-0.15, -0.1) is 11.8 Å². The summed E-state index contributed by atoms with van der Waals surface area (Å²) in [6.45, 7) is 6.28. The van der Waals surface area contributed by atoms with Gasteiger partial charge in [0.25, 0.3) is 5.91 Å². The van der Waals surface area contributed by atoms with E-state index in [-0.39, 0.29) is 24.3 Å². The van der Waals surface area contributed by atoms with Gasteiger partial charge in [0.15, 0.2) is 0 Å². The first-order chi connectivity index (χ1) is 17.4. The Morgan fingerprint density at radius 2 is 1.67 bits per heavy atom. The van der Waals surface area contributed by atoms with Crippen LogP contribution in [-0.4, -0.2) is 71.7 Å². The molecular weight excluding hydrogens is 472 g/mol. The zero-order chi connectivity index (χ0) is 25.5. The molecule has 0 radical (unpaired) electrons. The molecule has 2 aromatic carbocycles. The Kier molecular flexibility index (Phi) is 8.56. The number of likely N-dealkylation sites (tertiary alicyclic amines) is 1. The van der Waals surface area contributed by atoms with Gasteiger partial charge in [-0.25, -0.2) is 0 Å². The van der Waals surface area contributed by atoms with E-state index in [0.717, 1.165) is 17.0 Å². The predicted molar refractivity (Wildman–Crippen MR) is 144 cm³/mol. The average molecular weight is 509 g/mol. The Labute approximate surface area is 218 Å². The number of nitrogens with zero attached hydrogens (tertiary/aromatic N) is 3. The molecular formula is C28H36N4O3S. The molecule has 3 amide bonds. The minimum atomic E-state index is -0.734. The van der Waals surface area contributed by atoms with E-state index in [2.05, 4.69) is 24.1 Å². The van der Waals surface area contributed by atoms with Crippen molar-refractivity contribution in [2.45, 2.75) is 43.5 Å². The molecule has 1 N–H and O–H groups in total. The van der Waals surface area contributed by atoms with Crippen molar-refractivity contribution in [3.8, 4) is 0 Å². The van der Waals surface area contributed by atoms with Crippen LogP contribution in [0.5, 0.6) is 0 Å². The first-order valence-electron chi connectivity index (χ1n) is 12.8. The first-order valence-corrected chi connectivity index (χ1v) is 13.8. The first kappa shape index (κ1) is 26.1. The zero-order valence-electron chi connectivity index (χ0n) is 21.2. The summed E-state index contributed by atoms with van der Waals surface area (Å²) in [5.74, 6) is 0.736. The van der Waals surface area contributed by atoms with Gasteiger partial charge in [-0.1, -0.05) is 56.7 Å². The molecule has 0 bridgehead atoms. The smallest absolute Gasteiger partial charge is 0.250 e. The third-order valence-electron chi connectivity index (χ3n) is 7.31. The monoisotopic (exact) mass is 508 g/mol. The number of thioether (sulfide) groups is 1. The zero-order valence-corrected chi connectivity index (χ0v) is 22.0. The molecule has 192 valence electrons. The van der Waals surface area contributed by atoms with E-state index in [9.17, 15) is 14.4 Å². The highest BCUT2D eigenvalue weighted by Crippen LogP contribution is 2.39. The van der Waals surface area contributed by atoms with E-state index in [1.807, 2.05) is 65.6 Å². The van der Waals surface area contributed by atoms with Crippen molar-refractivity contribution in [2.75, 3.05) is 43.5 Å². The lowest BCUT2D eigenvalue weighted by Gasteiger charge is -2.43. The van der Waals surface area contributed by atoms with Gasteiger partial charge >= 0.3 is 0 Å². The normalized spacial score (nSPS) is 17.9. The maximum absolute atomic E-state index is 13.8. The molecule has 2 aromatic rings. The van der Waals surface area contributed by atoms with Gasteiger partial charge in [0.05, 0.1) is 12.4 Å². The summed E-state index contributed by atoms with van der Waals surface area (Å²) in [6.07, 6.45) is 2.09. The lowest BCUT2D eigenvalue weighted by atomic mass is 9.85. The minimum Gasteiger partial charge on any atom is -0.354 e. The molecule has 2 fully saturated rings. The Bertz CT molecular complexity index is 1040. The fourth-order valence-electron chi connectivity index (χ4n) is 4.86. The number of hydrogen-bond acceptors (Lipinski definition) is 5. The van der Waals surface area contributed by atoms with Crippen LogP contribution in [0.2, 0.25) is 0 Å². The summed E-state index contributed by atoms with van der Waals surface area (Å²) < 4.78 is 0. The van der Waals surface area contributed by atoms with Crippen molar-refractivity contribution >= 4 is 35.2 Å². The molecule has 2 heterocycles. The molecule has 36 heavy (non-hydrogen) atoms. The van der Waals surface area contributed by atoms with Crippen LogP contribution in [0.15, 0.2) is 65.6 Å². The van der Waals surface area contributed by atoms with Gasteiger partial charge in [-0.2, -0.15) is 0 Å². The lowest BCUT2D eigenvalue weighted by molar-refractivity contribution is -0.139. The third-order valence-corrected chi connectivity index (χ3v) is 8.31. The average Bonchev–Trinajstić information content (AvgIpc) is 3.17. The van der Waals surface area contributed by atoms with Gasteiger partial charge in [0.2, 0.25) is 11.8 Å².